The second-order valence-electron chi connectivity index (χ2n) is 19.7. The average molecular weight is 1080 g/mol. The third-order valence-electron chi connectivity index (χ3n) is 11.0. The van der Waals surface area contributed by atoms with E-state index < -0.39 is 80.3 Å². The van der Waals surface area contributed by atoms with Gasteiger partial charge in [-0.1, -0.05) is 75.9 Å². The zero-order valence-corrected chi connectivity index (χ0v) is 47.5. The summed E-state index contributed by atoms with van der Waals surface area (Å²) >= 11 is 0. The molecule has 3 aromatic carbocycles. The minimum Gasteiger partial charge on any atom is -0.459 e. The lowest BCUT2D eigenvalue weighted by Crippen LogP contribution is -2.21. The molecule has 0 bridgehead atoms. The highest BCUT2D eigenvalue weighted by molar-refractivity contribution is 7.49. The number of hydrogen-bond donors (Lipinski definition) is 0. The molecule has 3 rings (SSSR count). The molecule has 0 aliphatic heterocycles. The fourth-order valence-corrected chi connectivity index (χ4v) is 8.69. The molecule has 17 heteroatoms. The smallest absolute Gasteiger partial charge is 0.459 e. The number of hydrogen-bond acceptors (Lipinski definition) is 16. The van der Waals surface area contributed by atoms with Gasteiger partial charge in [-0.05, 0) is 135 Å². The van der Waals surface area contributed by atoms with Gasteiger partial charge in [0.15, 0.2) is 0 Å². The Morgan fingerprint density at radius 3 is 0.714 bits per heavy atom. The molecule has 0 radical (unpaired) electrons. The van der Waals surface area contributed by atoms with E-state index in [0.29, 0.717) is 33.4 Å². The van der Waals surface area contributed by atoms with Gasteiger partial charge in [-0.15, -0.1) is 0 Å². The van der Waals surface area contributed by atoms with Crippen molar-refractivity contribution in [1.29, 1.82) is 0 Å². The Morgan fingerprint density at radius 1 is 0.351 bits per heavy atom. The maximum atomic E-state index is 16.0. The molecule has 0 fully saturated rings. The zero-order chi connectivity index (χ0) is 58.1. The Labute approximate surface area is 453 Å². The molecule has 0 N–H and O–H groups in total. The largest absolute Gasteiger partial charge is 0.647 e. The minimum absolute atomic E-state index is 0.00736. The van der Waals surface area contributed by atoms with Gasteiger partial charge in [-0.25, -0.2) is 28.8 Å². The molecular weight excluding hydrogens is 1010 g/mol. The molecule has 0 aromatic heterocycles. The molecule has 0 spiro atoms. The summed E-state index contributed by atoms with van der Waals surface area (Å²) in [7, 11) is -5.05. The van der Waals surface area contributed by atoms with Crippen molar-refractivity contribution in [2.24, 2.45) is 0 Å². The predicted octanol–water partition coefficient (Wildman–Crippen LogP) is 11.6. The molecule has 16 nitrogen and oxygen atoms in total. The van der Waals surface area contributed by atoms with Crippen LogP contribution in [0.2, 0.25) is 0 Å². The first-order chi connectivity index (χ1) is 35.8. The van der Waals surface area contributed by atoms with E-state index in [4.69, 9.17) is 42.0 Å². The highest BCUT2D eigenvalue weighted by atomic mass is 31.2. The molecule has 0 amide bonds. The van der Waals surface area contributed by atoms with E-state index in [2.05, 4.69) is 39.5 Å². The molecule has 6 atom stereocenters. The van der Waals surface area contributed by atoms with E-state index in [1.54, 1.807) is 77.9 Å². The summed E-state index contributed by atoms with van der Waals surface area (Å²) in [4.78, 5) is 75.5. The fraction of sp³-hybridized carbons (Fsp3) is 0.400. The number of phosphoric ester groups is 1. The van der Waals surface area contributed by atoms with E-state index in [9.17, 15) is 28.8 Å². The number of phosphoric acid groups is 1. The summed E-state index contributed by atoms with van der Waals surface area (Å²) in [5, 5.41) is 0. The van der Waals surface area contributed by atoms with Crippen LogP contribution in [0.15, 0.2) is 128 Å². The lowest BCUT2D eigenvalue weighted by atomic mass is 10.0. The molecule has 6 unspecified atom stereocenters. The molecule has 0 heterocycles. The third kappa shape index (κ3) is 21.6. The molecule has 0 saturated carbocycles. The van der Waals surface area contributed by atoms with Crippen LogP contribution in [0.5, 0.6) is 17.2 Å². The van der Waals surface area contributed by atoms with Gasteiger partial charge in [0.05, 0.1) is 0 Å². The summed E-state index contributed by atoms with van der Waals surface area (Å²) in [6.45, 7) is 41.4. The van der Waals surface area contributed by atoms with Crippen molar-refractivity contribution < 1.29 is 75.3 Å². The highest BCUT2D eigenvalue weighted by Crippen LogP contribution is 2.52. The summed E-state index contributed by atoms with van der Waals surface area (Å²) in [6, 6.07) is 14.9. The van der Waals surface area contributed by atoms with Gasteiger partial charge in [-0.3, -0.25) is 0 Å². The molecule has 77 heavy (non-hydrogen) atoms. The third-order valence-corrected chi connectivity index (χ3v) is 12.3. The molecule has 0 aliphatic carbocycles. The van der Waals surface area contributed by atoms with E-state index in [-0.39, 0.29) is 89.2 Å². The van der Waals surface area contributed by atoms with Gasteiger partial charge < -0.3 is 42.0 Å². The maximum absolute atomic E-state index is 16.0. The Morgan fingerprint density at radius 2 is 0.532 bits per heavy atom. The first kappa shape index (κ1) is 63.8. The standard InChI is InChI=1S/C60H75O16P/c1-34(2)55(61)68-40(13)25-46-19-22-52(49(31-46)28-43(16)71-58(64)37(7)8)74-77(67,75-53-23-20-47(26-41(14)69-56(62)35(3)4)32-50(53)29-44(17)72-59(65)38(9)10)76-54-24-21-48(27-42(15)70-57(63)36(5)6)33-51(54)30-45(18)73-60(66)39(11)12/h19-24,31-33,40-45H,1,3,5,7,9,11,25-30H2,2,4,6,8,10,12-18H3. The Balaban J connectivity index is 2.37. The molecule has 3 aromatic rings. The topological polar surface area (TPSA) is 203 Å². The minimum atomic E-state index is -5.05. The summed E-state index contributed by atoms with van der Waals surface area (Å²) in [5.74, 6) is -3.65. The van der Waals surface area contributed by atoms with E-state index in [0.717, 1.165) is 0 Å². The lowest BCUT2D eigenvalue weighted by Gasteiger charge is -2.25. The van der Waals surface area contributed by atoms with E-state index in [1.807, 2.05) is 0 Å². The van der Waals surface area contributed by atoms with Gasteiger partial charge in [0, 0.05) is 72.0 Å². The molecule has 0 aliphatic rings. The van der Waals surface area contributed by atoms with Crippen molar-refractivity contribution in [1.82, 2.24) is 0 Å². The van der Waals surface area contributed by atoms with Crippen LogP contribution in [0.4, 0.5) is 0 Å². The second kappa shape index (κ2) is 29.2. The van der Waals surface area contributed by atoms with Gasteiger partial charge in [0.1, 0.15) is 53.9 Å². The SMILES string of the molecule is C=C(C)C(=O)OC(C)Cc1ccc(OP(=O)(Oc2ccc(CC(C)OC(=O)C(=C)C)cc2CC(C)OC(=O)C(=C)C)Oc2ccc(CC(C)OC(=O)C(=C)C)cc2CC(C)OC(=O)C(=C)C)c(CC(C)OC(=O)C(=C)C)c1. The average Bonchev–Trinajstić information content (AvgIpc) is 3.30. The predicted molar refractivity (Wildman–Crippen MR) is 293 cm³/mol. The fourth-order valence-electron chi connectivity index (χ4n) is 7.32. The monoisotopic (exact) mass is 1080 g/mol. The van der Waals surface area contributed by atoms with Crippen molar-refractivity contribution in [3.63, 3.8) is 0 Å². The quantitative estimate of drug-likeness (QED) is 0.0264. The van der Waals surface area contributed by atoms with Crippen molar-refractivity contribution in [2.75, 3.05) is 0 Å². The first-order valence-corrected chi connectivity index (χ1v) is 26.5. The van der Waals surface area contributed by atoms with Crippen LogP contribution >= 0.6 is 7.82 Å². The highest BCUT2D eigenvalue weighted by Gasteiger charge is 2.37. The number of carbonyl (C=O) groups excluding carboxylic acids is 6. The van der Waals surface area contributed by atoms with Crippen molar-refractivity contribution in [3.05, 3.63) is 161 Å². The van der Waals surface area contributed by atoms with Crippen LogP contribution in [-0.4, -0.2) is 72.4 Å². The van der Waals surface area contributed by atoms with Crippen LogP contribution in [0.3, 0.4) is 0 Å². The molecule has 416 valence electrons. The number of benzene rings is 3. The zero-order valence-electron chi connectivity index (χ0n) is 46.6. The number of carbonyl (C=O) groups is 6. The number of ether oxygens (including phenoxy) is 6. The van der Waals surface area contributed by atoms with Crippen molar-refractivity contribution >= 4 is 43.6 Å². The van der Waals surface area contributed by atoms with Gasteiger partial charge in [0.2, 0.25) is 0 Å². The van der Waals surface area contributed by atoms with Crippen LogP contribution < -0.4 is 13.6 Å². The van der Waals surface area contributed by atoms with Crippen molar-refractivity contribution in [2.45, 2.75) is 158 Å². The van der Waals surface area contributed by atoms with Crippen LogP contribution in [0, 0.1) is 0 Å². The maximum Gasteiger partial charge on any atom is 0.647 e. The molecule has 0 saturated heterocycles. The molecular formula is C60H75O16P. The van der Waals surface area contributed by atoms with Crippen molar-refractivity contribution in [3.8, 4) is 17.2 Å². The van der Waals surface area contributed by atoms with Crippen LogP contribution in [0.25, 0.3) is 0 Å². The Kier molecular flexibility index (Phi) is 24.2. The van der Waals surface area contributed by atoms with Gasteiger partial charge in [0.25, 0.3) is 0 Å². The lowest BCUT2D eigenvalue weighted by molar-refractivity contribution is -0.144. The number of rotatable bonds is 30. The van der Waals surface area contributed by atoms with Crippen LogP contribution in [0.1, 0.15) is 116 Å². The summed E-state index contributed by atoms with van der Waals surface area (Å²) in [6.07, 6.45) is -3.40. The van der Waals surface area contributed by atoms with Gasteiger partial charge >= 0.3 is 43.6 Å². The van der Waals surface area contributed by atoms with Crippen LogP contribution in [-0.2, 0) is 100 Å². The van der Waals surface area contributed by atoms with E-state index >= 15 is 4.57 Å². The number of esters is 6. The van der Waals surface area contributed by atoms with E-state index in [1.165, 1.54) is 59.7 Å². The summed E-state index contributed by atoms with van der Waals surface area (Å²) < 4.78 is 69.3. The summed E-state index contributed by atoms with van der Waals surface area (Å²) in [5.41, 5.74) is 4.35. The Bertz CT molecular complexity index is 2520. The second-order valence-corrected chi connectivity index (χ2v) is 21.2. The first-order valence-electron chi connectivity index (χ1n) is 25.1. The van der Waals surface area contributed by atoms with Gasteiger partial charge in [-0.2, -0.15) is 4.57 Å². The normalized spacial score (nSPS) is 14.0. The Hall–Kier alpha value is -7.45.